The molecule has 0 aromatic heterocycles. The Hall–Kier alpha value is -2.90. The number of carbonyl (C=O) groups is 1. The highest BCUT2D eigenvalue weighted by molar-refractivity contribution is 6.34. The SMILES string of the molecule is O=C(Cc1cccc(C2=NOC(c3cc(Cl)cc(Cl)c3)(C(F)(F)F)C2)c1)c1ccccc1F. The van der Waals surface area contributed by atoms with Crippen LogP contribution < -0.4 is 0 Å². The molecule has 0 bridgehead atoms. The van der Waals surface area contributed by atoms with Gasteiger partial charge >= 0.3 is 6.18 Å². The number of ketones is 1. The molecule has 1 heterocycles. The van der Waals surface area contributed by atoms with Crippen LogP contribution >= 0.6 is 23.2 Å². The van der Waals surface area contributed by atoms with Crippen LogP contribution in [0.25, 0.3) is 0 Å². The average Bonchev–Trinajstić information content (AvgIpc) is 3.21. The number of nitrogens with zero attached hydrogens (tertiary/aromatic N) is 1. The second-order valence-corrected chi connectivity index (χ2v) is 8.44. The van der Waals surface area contributed by atoms with Gasteiger partial charge in [-0.3, -0.25) is 4.79 Å². The second-order valence-electron chi connectivity index (χ2n) is 7.57. The molecule has 1 aliphatic rings. The Labute approximate surface area is 196 Å². The number of carbonyl (C=O) groups excluding carboxylic acids is 1. The van der Waals surface area contributed by atoms with Crippen molar-refractivity contribution < 1.29 is 27.2 Å². The molecule has 0 aliphatic carbocycles. The summed E-state index contributed by atoms with van der Waals surface area (Å²) in [6.07, 6.45) is -5.56. The summed E-state index contributed by atoms with van der Waals surface area (Å²) in [6, 6.07) is 15.5. The van der Waals surface area contributed by atoms with Gasteiger partial charge in [-0.15, -0.1) is 0 Å². The van der Waals surface area contributed by atoms with Crippen molar-refractivity contribution in [3.8, 4) is 0 Å². The molecule has 3 nitrogen and oxygen atoms in total. The van der Waals surface area contributed by atoms with Crippen molar-refractivity contribution in [3.63, 3.8) is 0 Å². The van der Waals surface area contributed by atoms with Crippen molar-refractivity contribution in [2.45, 2.75) is 24.6 Å². The lowest BCUT2D eigenvalue weighted by atomic mass is 9.86. The van der Waals surface area contributed by atoms with Gasteiger partial charge in [-0.05, 0) is 47.5 Å². The second kappa shape index (κ2) is 8.80. The van der Waals surface area contributed by atoms with Crippen LogP contribution in [-0.2, 0) is 16.9 Å². The van der Waals surface area contributed by atoms with E-state index >= 15 is 0 Å². The van der Waals surface area contributed by atoms with Crippen LogP contribution in [0.2, 0.25) is 10.0 Å². The Morgan fingerprint density at radius 3 is 2.36 bits per heavy atom. The van der Waals surface area contributed by atoms with Crippen LogP contribution in [0.5, 0.6) is 0 Å². The van der Waals surface area contributed by atoms with Crippen molar-refractivity contribution in [1.82, 2.24) is 0 Å². The normalized spacial score (nSPS) is 18.1. The van der Waals surface area contributed by atoms with E-state index in [2.05, 4.69) is 5.16 Å². The molecule has 3 aromatic rings. The van der Waals surface area contributed by atoms with Gasteiger partial charge in [0.25, 0.3) is 5.60 Å². The predicted octanol–water partition coefficient (Wildman–Crippen LogP) is 7.14. The summed E-state index contributed by atoms with van der Waals surface area (Å²) in [7, 11) is 0. The van der Waals surface area contributed by atoms with Crippen LogP contribution in [0.4, 0.5) is 17.6 Å². The van der Waals surface area contributed by atoms with Crippen molar-refractivity contribution in [2.75, 3.05) is 0 Å². The molecule has 0 radical (unpaired) electrons. The lowest BCUT2D eigenvalue weighted by Gasteiger charge is -2.29. The number of benzene rings is 3. The molecule has 9 heteroatoms. The summed E-state index contributed by atoms with van der Waals surface area (Å²) in [5, 5.41) is 3.79. The topological polar surface area (TPSA) is 38.7 Å². The van der Waals surface area contributed by atoms with E-state index in [0.29, 0.717) is 11.1 Å². The minimum Gasteiger partial charge on any atom is -0.374 e. The van der Waals surface area contributed by atoms with Crippen LogP contribution in [0, 0.1) is 5.82 Å². The first-order valence-electron chi connectivity index (χ1n) is 9.74. The number of hydrogen-bond donors (Lipinski definition) is 0. The highest BCUT2D eigenvalue weighted by atomic mass is 35.5. The number of alkyl halides is 3. The Morgan fingerprint density at radius 1 is 1.00 bits per heavy atom. The van der Waals surface area contributed by atoms with E-state index in [1.165, 1.54) is 24.3 Å². The van der Waals surface area contributed by atoms with E-state index in [-0.39, 0.29) is 33.3 Å². The summed E-state index contributed by atoms with van der Waals surface area (Å²) >= 11 is 11.8. The van der Waals surface area contributed by atoms with Gasteiger partial charge in [0.1, 0.15) is 5.82 Å². The molecule has 4 rings (SSSR count). The molecule has 170 valence electrons. The first-order chi connectivity index (χ1) is 15.6. The van der Waals surface area contributed by atoms with E-state index < -0.39 is 29.8 Å². The maximum atomic E-state index is 14.2. The monoisotopic (exact) mass is 495 g/mol. The van der Waals surface area contributed by atoms with Gasteiger partial charge in [0.2, 0.25) is 0 Å². The standard InChI is InChI=1S/C24H15Cl2F4NO2/c25-17-10-16(11-18(26)12-17)23(24(28,29)30)13-21(31-33-23)15-5-3-4-14(8-15)9-22(32)19-6-1-2-7-20(19)27/h1-8,10-12H,9,13H2. The fraction of sp³-hybridized carbons (Fsp3) is 0.167. The minimum absolute atomic E-state index is 0.0341. The van der Waals surface area contributed by atoms with Gasteiger partial charge in [0.05, 0.1) is 11.3 Å². The molecule has 0 fully saturated rings. The molecule has 0 spiro atoms. The summed E-state index contributed by atoms with van der Waals surface area (Å²) in [5.74, 6) is -1.09. The highest BCUT2D eigenvalue weighted by Gasteiger charge is 2.62. The number of oxime groups is 1. The number of Topliss-reactive ketones (excluding diaryl/α,β-unsaturated/α-hetero) is 1. The zero-order valence-corrected chi connectivity index (χ0v) is 18.3. The lowest BCUT2D eigenvalue weighted by molar-refractivity contribution is -0.275. The van der Waals surface area contributed by atoms with Crippen molar-refractivity contribution in [1.29, 1.82) is 0 Å². The van der Waals surface area contributed by atoms with Crippen LogP contribution in [0.3, 0.4) is 0 Å². The molecule has 0 N–H and O–H groups in total. The van der Waals surface area contributed by atoms with E-state index in [1.54, 1.807) is 30.3 Å². The zero-order chi connectivity index (χ0) is 23.8. The molecule has 1 unspecified atom stereocenters. The van der Waals surface area contributed by atoms with Crippen molar-refractivity contribution in [3.05, 3.63) is 105 Å². The van der Waals surface area contributed by atoms with Gasteiger partial charge in [-0.25, -0.2) is 4.39 Å². The third-order valence-corrected chi connectivity index (χ3v) is 5.75. The van der Waals surface area contributed by atoms with E-state index in [0.717, 1.165) is 12.1 Å². The van der Waals surface area contributed by atoms with E-state index in [4.69, 9.17) is 28.0 Å². The summed E-state index contributed by atoms with van der Waals surface area (Å²) in [4.78, 5) is 17.5. The zero-order valence-electron chi connectivity index (χ0n) is 16.8. The fourth-order valence-electron chi connectivity index (χ4n) is 3.67. The number of hydrogen-bond acceptors (Lipinski definition) is 3. The largest absolute Gasteiger partial charge is 0.435 e. The Balaban J connectivity index is 1.62. The molecule has 33 heavy (non-hydrogen) atoms. The van der Waals surface area contributed by atoms with Gasteiger partial charge in [0, 0.05) is 28.5 Å². The predicted molar refractivity (Wildman–Crippen MR) is 117 cm³/mol. The smallest absolute Gasteiger partial charge is 0.374 e. The third kappa shape index (κ3) is 4.61. The van der Waals surface area contributed by atoms with E-state index in [1.807, 2.05) is 0 Å². The first-order valence-corrected chi connectivity index (χ1v) is 10.5. The number of halogens is 6. The molecule has 0 saturated heterocycles. The van der Waals surface area contributed by atoms with Gasteiger partial charge in [-0.1, -0.05) is 58.7 Å². The molecular formula is C24H15Cl2F4NO2. The average molecular weight is 496 g/mol. The van der Waals surface area contributed by atoms with E-state index in [9.17, 15) is 22.4 Å². The maximum absolute atomic E-state index is 14.2. The Kier molecular flexibility index (Phi) is 6.20. The van der Waals surface area contributed by atoms with Crippen LogP contribution in [0.15, 0.2) is 71.9 Å². The summed E-state index contributed by atoms with van der Waals surface area (Å²) in [5.41, 5.74) is -2.18. The molecule has 1 aliphatic heterocycles. The highest BCUT2D eigenvalue weighted by Crippen LogP contribution is 2.49. The van der Waals surface area contributed by atoms with Crippen LogP contribution in [0.1, 0.15) is 33.5 Å². The Morgan fingerprint density at radius 2 is 1.70 bits per heavy atom. The molecule has 0 saturated carbocycles. The quantitative estimate of drug-likeness (QED) is 0.278. The third-order valence-electron chi connectivity index (χ3n) is 5.31. The van der Waals surface area contributed by atoms with Crippen LogP contribution in [-0.4, -0.2) is 17.7 Å². The summed E-state index contributed by atoms with van der Waals surface area (Å²) < 4.78 is 56.4. The van der Waals surface area contributed by atoms with Crippen molar-refractivity contribution in [2.24, 2.45) is 5.16 Å². The first kappa shape index (κ1) is 23.3. The maximum Gasteiger partial charge on any atom is 0.435 e. The fourth-order valence-corrected chi connectivity index (χ4v) is 4.20. The minimum atomic E-state index is -4.81. The summed E-state index contributed by atoms with van der Waals surface area (Å²) in [6.45, 7) is 0. The lowest BCUT2D eigenvalue weighted by Crippen LogP contribution is -2.42. The molecule has 3 aromatic carbocycles. The number of rotatable bonds is 5. The van der Waals surface area contributed by atoms with Gasteiger partial charge in [-0.2, -0.15) is 13.2 Å². The molecular weight excluding hydrogens is 481 g/mol. The van der Waals surface area contributed by atoms with Gasteiger partial charge in [0.15, 0.2) is 5.78 Å². The van der Waals surface area contributed by atoms with Crippen molar-refractivity contribution >= 4 is 34.7 Å². The Bertz CT molecular complexity index is 1240. The van der Waals surface area contributed by atoms with Gasteiger partial charge < -0.3 is 4.84 Å². The molecule has 1 atom stereocenters. The molecule has 0 amide bonds.